The number of nitrogens with one attached hydrogen (secondary N) is 1. The predicted molar refractivity (Wildman–Crippen MR) is 81.2 cm³/mol. The maximum atomic E-state index is 11.9. The Labute approximate surface area is 129 Å². The third-order valence-corrected chi connectivity index (χ3v) is 3.17. The van der Waals surface area contributed by atoms with Crippen molar-refractivity contribution in [2.75, 3.05) is 32.1 Å². The van der Waals surface area contributed by atoms with E-state index in [9.17, 15) is 9.59 Å². The number of esters is 1. The summed E-state index contributed by atoms with van der Waals surface area (Å²) in [6, 6.07) is 3.29. The SMILES string of the molecule is CCN(CC(=O)Nc1ccc(Cl)cn1)C[C@@H](C)C(=O)OC. The molecule has 1 amide bonds. The van der Waals surface area contributed by atoms with Crippen molar-refractivity contribution in [1.29, 1.82) is 0 Å². The molecule has 0 aliphatic heterocycles. The average molecular weight is 314 g/mol. The zero-order chi connectivity index (χ0) is 15.8. The minimum absolute atomic E-state index is 0.183. The van der Waals surface area contributed by atoms with E-state index in [1.807, 2.05) is 11.8 Å². The van der Waals surface area contributed by atoms with Gasteiger partial charge in [-0.2, -0.15) is 0 Å². The molecule has 116 valence electrons. The number of anilines is 1. The summed E-state index contributed by atoms with van der Waals surface area (Å²) in [7, 11) is 1.36. The average Bonchev–Trinajstić information content (AvgIpc) is 2.47. The molecule has 7 heteroatoms. The number of ether oxygens (including phenoxy) is 1. The molecule has 1 heterocycles. The Kier molecular flexibility index (Phi) is 7.11. The molecule has 0 saturated heterocycles. The monoisotopic (exact) mass is 313 g/mol. The van der Waals surface area contributed by atoms with Crippen LogP contribution in [0.5, 0.6) is 0 Å². The molecule has 0 spiro atoms. The van der Waals surface area contributed by atoms with Crippen LogP contribution in [0.15, 0.2) is 18.3 Å². The van der Waals surface area contributed by atoms with E-state index in [2.05, 4.69) is 15.0 Å². The van der Waals surface area contributed by atoms with Crippen LogP contribution in [0.1, 0.15) is 13.8 Å². The second kappa shape index (κ2) is 8.59. The number of aromatic nitrogens is 1. The first-order chi connectivity index (χ1) is 9.96. The minimum atomic E-state index is -0.284. The maximum Gasteiger partial charge on any atom is 0.309 e. The molecule has 1 aromatic heterocycles. The fourth-order valence-corrected chi connectivity index (χ4v) is 1.92. The Hall–Kier alpha value is -1.66. The summed E-state index contributed by atoms with van der Waals surface area (Å²) in [5.74, 6) is -0.310. The van der Waals surface area contributed by atoms with Gasteiger partial charge in [0.2, 0.25) is 5.91 Å². The van der Waals surface area contributed by atoms with Gasteiger partial charge in [0, 0.05) is 12.7 Å². The lowest BCUT2D eigenvalue weighted by Gasteiger charge is -2.22. The van der Waals surface area contributed by atoms with Gasteiger partial charge in [0.05, 0.1) is 24.6 Å². The van der Waals surface area contributed by atoms with E-state index in [1.165, 1.54) is 13.3 Å². The highest BCUT2D eigenvalue weighted by molar-refractivity contribution is 6.30. The Morgan fingerprint density at radius 1 is 1.48 bits per heavy atom. The zero-order valence-electron chi connectivity index (χ0n) is 12.4. The molecule has 0 aliphatic rings. The first-order valence-corrected chi connectivity index (χ1v) is 7.05. The van der Waals surface area contributed by atoms with Crippen molar-refractivity contribution in [2.45, 2.75) is 13.8 Å². The van der Waals surface area contributed by atoms with Gasteiger partial charge >= 0.3 is 5.97 Å². The van der Waals surface area contributed by atoms with Crippen LogP contribution in [0.25, 0.3) is 0 Å². The Morgan fingerprint density at radius 2 is 2.19 bits per heavy atom. The molecule has 1 rings (SSSR count). The lowest BCUT2D eigenvalue weighted by Crippen LogP contribution is -2.38. The molecule has 1 aromatic rings. The molecule has 1 atom stereocenters. The molecule has 0 bridgehead atoms. The number of likely N-dealkylation sites (N-methyl/N-ethyl adjacent to an activating group) is 1. The van der Waals surface area contributed by atoms with Gasteiger partial charge in [-0.05, 0) is 18.7 Å². The van der Waals surface area contributed by atoms with Gasteiger partial charge in [-0.1, -0.05) is 25.4 Å². The van der Waals surface area contributed by atoms with E-state index in [-0.39, 0.29) is 24.3 Å². The maximum absolute atomic E-state index is 11.9. The molecular weight excluding hydrogens is 294 g/mol. The number of methoxy groups -OCH3 is 1. The topological polar surface area (TPSA) is 71.5 Å². The second-order valence-corrected chi connectivity index (χ2v) is 5.10. The summed E-state index contributed by atoms with van der Waals surface area (Å²) >= 11 is 5.73. The molecule has 0 radical (unpaired) electrons. The van der Waals surface area contributed by atoms with E-state index >= 15 is 0 Å². The van der Waals surface area contributed by atoms with E-state index in [0.717, 1.165) is 0 Å². The molecule has 0 aromatic carbocycles. The largest absolute Gasteiger partial charge is 0.469 e. The molecule has 0 saturated carbocycles. The van der Waals surface area contributed by atoms with Gasteiger partial charge in [-0.3, -0.25) is 14.5 Å². The molecule has 0 unspecified atom stereocenters. The van der Waals surface area contributed by atoms with Crippen molar-refractivity contribution in [3.05, 3.63) is 23.4 Å². The first kappa shape index (κ1) is 17.4. The molecule has 0 aliphatic carbocycles. The lowest BCUT2D eigenvalue weighted by atomic mass is 10.1. The van der Waals surface area contributed by atoms with Crippen molar-refractivity contribution in [1.82, 2.24) is 9.88 Å². The Morgan fingerprint density at radius 3 is 2.71 bits per heavy atom. The number of carbonyl (C=O) groups excluding carboxylic acids is 2. The quantitative estimate of drug-likeness (QED) is 0.777. The van der Waals surface area contributed by atoms with Crippen molar-refractivity contribution in [2.24, 2.45) is 5.92 Å². The summed E-state index contributed by atoms with van der Waals surface area (Å²) < 4.78 is 4.68. The Bertz CT molecular complexity index is 479. The lowest BCUT2D eigenvalue weighted by molar-refractivity contribution is -0.145. The number of amides is 1. The van der Waals surface area contributed by atoms with Gasteiger partial charge in [-0.25, -0.2) is 4.98 Å². The van der Waals surface area contributed by atoms with E-state index in [1.54, 1.807) is 19.1 Å². The van der Waals surface area contributed by atoms with Gasteiger partial charge < -0.3 is 10.1 Å². The van der Waals surface area contributed by atoms with Gasteiger partial charge in [0.1, 0.15) is 5.82 Å². The number of rotatable bonds is 7. The number of hydrogen-bond donors (Lipinski definition) is 1. The fraction of sp³-hybridized carbons (Fsp3) is 0.500. The molecule has 6 nitrogen and oxygen atoms in total. The normalized spacial score (nSPS) is 12.0. The van der Waals surface area contributed by atoms with Gasteiger partial charge in [0.25, 0.3) is 0 Å². The standard InChI is InChI=1S/C14H20ClN3O3/c1-4-18(8-10(2)14(20)21-3)9-13(19)17-12-6-5-11(15)7-16-12/h5-7,10H,4,8-9H2,1-3H3,(H,16,17,19)/t10-/m1/s1. The Balaban J connectivity index is 2.50. The zero-order valence-corrected chi connectivity index (χ0v) is 13.2. The van der Waals surface area contributed by atoms with Crippen molar-refractivity contribution >= 4 is 29.3 Å². The van der Waals surface area contributed by atoms with Crippen LogP contribution in [0.2, 0.25) is 5.02 Å². The second-order valence-electron chi connectivity index (χ2n) is 4.66. The number of halogens is 1. The van der Waals surface area contributed by atoms with E-state index < -0.39 is 0 Å². The third-order valence-electron chi connectivity index (χ3n) is 2.94. The van der Waals surface area contributed by atoms with Crippen LogP contribution in [0, 0.1) is 5.92 Å². The predicted octanol–water partition coefficient (Wildman–Crippen LogP) is 1.80. The minimum Gasteiger partial charge on any atom is -0.469 e. The third kappa shape index (κ3) is 6.10. The first-order valence-electron chi connectivity index (χ1n) is 6.67. The van der Waals surface area contributed by atoms with Crippen molar-refractivity contribution in [3.8, 4) is 0 Å². The summed E-state index contributed by atoms with van der Waals surface area (Å²) in [6.07, 6.45) is 1.47. The summed E-state index contributed by atoms with van der Waals surface area (Å²) in [6.45, 7) is 5.00. The van der Waals surface area contributed by atoms with Gasteiger partial charge in [0.15, 0.2) is 0 Å². The van der Waals surface area contributed by atoms with Crippen molar-refractivity contribution in [3.63, 3.8) is 0 Å². The van der Waals surface area contributed by atoms with Crippen LogP contribution < -0.4 is 5.32 Å². The van der Waals surface area contributed by atoms with Crippen molar-refractivity contribution < 1.29 is 14.3 Å². The van der Waals surface area contributed by atoms with Crippen LogP contribution in [-0.4, -0.2) is 48.5 Å². The van der Waals surface area contributed by atoms with Crippen LogP contribution in [0.3, 0.4) is 0 Å². The summed E-state index contributed by atoms with van der Waals surface area (Å²) in [4.78, 5) is 29.2. The molecule has 21 heavy (non-hydrogen) atoms. The summed E-state index contributed by atoms with van der Waals surface area (Å²) in [5.41, 5.74) is 0. The molecular formula is C14H20ClN3O3. The van der Waals surface area contributed by atoms with Crippen LogP contribution in [-0.2, 0) is 14.3 Å². The van der Waals surface area contributed by atoms with Crippen LogP contribution >= 0.6 is 11.6 Å². The van der Waals surface area contributed by atoms with Crippen LogP contribution in [0.4, 0.5) is 5.82 Å². The highest BCUT2D eigenvalue weighted by atomic mass is 35.5. The fourth-order valence-electron chi connectivity index (χ4n) is 1.80. The highest BCUT2D eigenvalue weighted by Gasteiger charge is 2.18. The highest BCUT2D eigenvalue weighted by Crippen LogP contribution is 2.09. The summed E-state index contributed by atoms with van der Waals surface area (Å²) in [5, 5.41) is 3.19. The molecule has 1 N–H and O–H groups in total. The van der Waals surface area contributed by atoms with E-state index in [4.69, 9.17) is 11.6 Å². The van der Waals surface area contributed by atoms with E-state index in [0.29, 0.717) is 23.9 Å². The number of nitrogens with zero attached hydrogens (tertiary/aromatic N) is 2. The number of carbonyl (C=O) groups is 2. The number of hydrogen-bond acceptors (Lipinski definition) is 5. The molecule has 0 fully saturated rings. The smallest absolute Gasteiger partial charge is 0.309 e. The number of pyridine rings is 1. The van der Waals surface area contributed by atoms with Gasteiger partial charge in [-0.15, -0.1) is 0 Å².